The Morgan fingerprint density at radius 2 is 1.67 bits per heavy atom. The molecule has 0 bridgehead atoms. The first-order chi connectivity index (χ1) is 9.72. The topological polar surface area (TPSA) is 60.2 Å². The molecule has 0 fully saturated rings. The summed E-state index contributed by atoms with van der Waals surface area (Å²) in [6.45, 7) is 5.83. The lowest BCUT2D eigenvalue weighted by atomic mass is 10.0. The SMILES string of the molecule is Cc1cc(C)c(CS(=O)(=O)c2c(N)cccc2Cl)c(C)c1. The molecule has 0 spiro atoms. The van der Waals surface area contributed by atoms with Crippen LogP contribution in [0.2, 0.25) is 5.02 Å². The van der Waals surface area contributed by atoms with Gasteiger partial charge in [0.15, 0.2) is 9.84 Å². The number of rotatable bonds is 3. The fourth-order valence-corrected chi connectivity index (χ4v) is 4.86. The van der Waals surface area contributed by atoms with Crippen LogP contribution in [0.1, 0.15) is 22.3 Å². The number of nitrogens with two attached hydrogens (primary N) is 1. The molecule has 0 aromatic heterocycles. The fraction of sp³-hybridized carbons (Fsp3) is 0.250. The van der Waals surface area contributed by atoms with Crippen molar-refractivity contribution in [3.63, 3.8) is 0 Å². The van der Waals surface area contributed by atoms with Crippen molar-refractivity contribution < 1.29 is 8.42 Å². The number of sulfone groups is 1. The Morgan fingerprint density at radius 3 is 2.19 bits per heavy atom. The highest BCUT2D eigenvalue weighted by Gasteiger charge is 2.23. The van der Waals surface area contributed by atoms with Crippen molar-refractivity contribution in [2.24, 2.45) is 0 Å². The monoisotopic (exact) mass is 323 g/mol. The molecular weight excluding hydrogens is 306 g/mol. The van der Waals surface area contributed by atoms with Crippen LogP contribution in [0.25, 0.3) is 0 Å². The number of nitrogen functional groups attached to an aromatic ring is 1. The number of aryl methyl sites for hydroxylation is 3. The van der Waals surface area contributed by atoms with Crippen molar-refractivity contribution in [2.45, 2.75) is 31.4 Å². The summed E-state index contributed by atoms with van der Waals surface area (Å²) in [6.07, 6.45) is 0. The van der Waals surface area contributed by atoms with Crippen LogP contribution in [0.4, 0.5) is 5.69 Å². The largest absolute Gasteiger partial charge is 0.398 e. The molecule has 0 aliphatic heterocycles. The molecule has 0 radical (unpaired) electrons. The number of hydrogen-bond acceptors (Lipinski definition) is 3. The van der Waals surface area contributed by atoms with Gasteiger partial charge in [0, 0.05) is 0 Å². The van der Waals surface area contributed by atoms with Gasteiger partial charge in [-0.15, -0.1) is 0 Å². The number of anilines is 1. The molecule has 0 heterocycles. The van der Waals surface area contributed by atoms with Gasteiger partial charge in [-0.2, -0.15) is 0 Å². The van der Waals surface area contributed by atoms with Crippen LogP contribution >= 0.6 is 11.6 Å². The quantitative estimate of drug-likeness (QED) is 0.873. The minimum Gasteiger partial charge on any atom is -0.398 e. The van der Waals surface area contributed by atoms with Crippen molar-refractivity contribution in [1.29, 1.82) is 0 Å². The van der Waals surface area contributed by atoms with E-state index in [1.807, 2.05) is 32.9 Å². The second kappa shape index (κ2) is 5.70. The van der Waals surface area contributed by atoms with Crippen molar-refractivity contribution >= 4 is 27.1 Å². The summed E-state index contributed by atoms with van der Waals surface area (Å²) in [5.41, 5.74) is 9.82. The summed E-state index contributed by atoms with van der Waals surface area (Å²) in [7, 11) is -3.59. The van der Waals surface area contributed by atoms with Crippen LogP contribution in [0.3, 0.4) is 0 Å². The van der Waals surface area contributed by atoms with E-state index >= 15 is 0 Å². The van der Waals surface area contributed by atoms with E-state index in [0.717, 1.165) is 22.3 Å². The molecule has 112 valence electrons. The van der Waals surface area contributed by atoms with Crippen LogP contribution in [-0.4, -0.2) is 8.42 Å². The van der Waals surface area contributed by atoms with E-state index in [-0.39, 0.29) is 21.4 Å². The summed E-state index contributed by atoms with van der Waals surface area (Å²) in [5, 5.41) is 0.164. The summed E-state index contributed by atoms with van der Waals surface area (Å²) in [5.74, 6) is -0.0983. The average Bonchev–Trinajstić information content (AvgIpc) is 2.33. The Bertz CT molecular complexity index is 755. The highest BCUT2D eigenvalue weighted by Crippen LogP contribution is 2.31. The number of benzene rings is 2. The first-order valence-corrected chi connectivity index (χ1v) is 8.59. The maximum atomic E-state index is 12.7. The zero-order chi connectivity index (χ0) is 15.8. The predicted octanol–water partition coefficient (Wildman–Crippen LogP) is 3.82. The van der Waals surface area contributed by atoms with Crippen LogP contribution in [0.15, 0.2) is 35.2 Å². The van der Waals surface area contributed by atoms with E-state index in [2.05, 4.69) is 0 Å². The van der Waals surface area contributed by atoms with Gasteiger partial charge in [-0.05, 0) is 49.6 Å². The first-order valence-electron chi connectivity index (χ1n) is 6.56. The molecule has 0 unspecified atom stereocenters. The third-order valence-corrected chi connectivity index (χ3v) is 5.66. The first kappa shape index (κ1) is 15.9. The highest BCUT2D eigenvalue weighted by molar-refractivity contribution is 7.91. The molecule has 0 amide bonds. The fourth-order valence-electron chi connectivity index (χ4n) is 2.55. The molecule has 0 saturated carbocycles. The summed E-state index contributed by atoms with van der Waals surface area (Å²) in [6, 6.07) is 8.69. The van der Waals surface area contributed by atoms with Crippen LogP contribution in [-0.2, 0) is 15.6 Å². The zero-order valence-corrected chi connectivity index (χ0v) is 13.8. The molecule has 5 heteroatoms. The van der Waals surface area contributed by atoms with Gasteiger partial charge < -0.3 is 5.73 Å². The maximum absolute atomic E-state index is 12.7. The van der Waals surface area contributed by atoms with Gasteiger partial charge in [0.05, 0.1) is 16.5 Å². The summed E-state index contributed by atoms with van der Waals surface area (Å²) >= 11 is 6.03. The Hall–Kier alpha value is -1.52. The molecule has 2 N–H and O–H groups in total. The van der Waals surface area contributed by atoms with Gasteiger partial charge in [0.2, 0.25) is 0 Å². The van der Waals surface area contributed by atoms with E-state index in [4.69, 9.17) is 17.3 Å². The van der Waals surface area contributed by atoms with Gasteiger partial charge in [-0.3, -0.25) is 0 Å². The smallest absolute Gasteiger partial charge is 0.186 e. The maximum Gasteiger partial charge on any atom is 0.186 e. The molecule has 0 atom stereocenters. The lowest BCUT2D eigenvalue weighted by Gasteiger charge is -2.14. The Labute approximate surface area is 130 Å². The number of halogens is 1. The molecular formula is C16H18ClNO2S. The van der Waals surface area contributed by atoms with Crippen molar-refractivity contribution in [1.82, 2.24) is 0 Å². The molecule has 2 aromatic rings. The van der Waals surface area contributed by atoms with Gasteiger partial charge >= 0.3 is 0 Å². The third kappa shape index (κ3) is 3.22. The summed E-state index contributed by atoms with van der Waals surface area (Å²) < 4.78 is 25.3. The van der Waals surface area contributed by atoms with Crippen molar-refractivity contribution in [3.05, 3.63) is 57.6 Å². The highest BCUT2D eigenvalue weighted by atomic mass is 35.5. The number of hydrogen-bond donors (Lipinski definition) is 1. The standard InChI is InChI=1S/C16H18ClNO2S/c1-10-7-11(2)13(12(3)8-10)9-21(19,20)16-14(17)5-4-6-15(16)18/h4-8H,9,18H2,1-3H3. The third-order valence-electron chi connectivity index (χ3n) is 3.48. The van der Waals surface area contributed by atoms with E-state index in [1.54, 1.807) is 18.2 Å². The van der Waals surface area contributed by atoms with E-state index in [1.165, 1.54) is 0 Å². The van der Waals surface area contributed by atoms with Crippen LogP contribution < -0.4 is 5.73 Å². The second-order valence-electron chi connectivity index (χ2n) is 5.29. The molecule has 0 aliphatic rings. The van der Waals surface area contributed by atoms with E-state index < -0.39 is 9.84 Å². The lowest BCUT2D eigenvalue weighted by molar-refractivity contribution is 0.595. The normalized spacial score (nSPS) is 11.6. The van der Waals surface area contributed by atoms with Crippen LogP contribution in [0.5, 0.6) is 0 Å². The van der Waals surface area contributed by atoms with Gasteiger partial charge in [-0.1, -0.05) is 35.4 Å². The zero-order valence-electron chi connectivity index (χ0n) is 12.3. The van der Waals surface area contributed by atoms with Crippen LogP contribution in [0, 0.1) is 20.8 Å². The van der Waals surface area contributed by atoms with Gasteiger partial charge in [0.1, 0.15) is 4.90 Å². The van der Waals surface area contributed by atoms with E-state index in [9.17, 15) is 8.42 Å². The molecule has 3 nitrogen and oxygen atoms in total. The van der Waals surface area contributed by atoms with Crippen molar-refractivity contribution in [3.8, 4) is 0 Å². The molecule has 0 aliphatic carbocycles. The molecule has 2 rings (SSSR count). The average molecular weight is 324 g/mol. The van der Waals surface area contributed by atoms with Gasteiger partial charge in [0.25, 0.3) is 0 Å². The summed E-state index contributed by atoms with van der Waals surface area (Å²) in [4.78, 5) is 0.0195. The predicted molar refractivity (Wildman–Crippen MR) is 87.4 cm³/mol. The van der Waals surface area contributed by atoms with E-state index in [0.29, 0.717) is 0 Å². The lowest BCUT2D eigenvalue weighted by Crippen LogP contribution is -2.11. The molecule has 21 heavy (non-hydrogen) atoms. The molecule has 0 saturated heterocycles. The molecule has 2 aromatic carbocycles. The second-order valence-corrected chi connectivity index (χ2v) is 7.63. The Kier molecular flexibility index (Phi) is 4.30. The minimum absolute atomic E-state index is 0.0195. The Morgan fingerprint density at radius 1 is 1.10 bits per heavy atom. The Balaban J connectivity index is 2.53. The van der Waals surface area contributed by atoms with Gasteiger partial charge in [-0.25, -0.2) is 8.42 Å². The van der Waals surface area contributed by atoms with Crippen molar-refractivity contribution in [2.75, 3.05) is 5.73 Å². The minimum atomic E-state index is -3.59.